The zero-order valence-corrected chi connectivity index (χ0v) is 10.9. The summed E-state index contributed by atoms with van der Waals surface area (Å²) >= 11 is 0. The van der Waals surface area contributed by atoms with E-state index in [4.69, 9.17) is 10.2 Å². The monoisotopic (exact) mass is 245 g/mol. The zero-order valence-electron chi connectivity index (χ0n) is 10.9. The first-order chi connectivity index (χ1) is 8.15. The van der Waals surface area contributed by atoms with Gasteiger partial charge in [0.25, 0.3) is 0 Å². The van der Waals surface area contributed by atoms with E-state index in [9.17, 15) is 5.11 Å². The molecule has 1 aliphatic carbocycles. The minimum absolute atomic E-state index is 0.0170. The van der Waals surface area contributed by atoms with Gasteiger partial charge in [-0.05, 0) is 18.8 Å². The first-order valence-corrected chi connectivity index (χ1v) is 6.71. The summed E-state index contributed by atoms with van der Waals surface area (Å²) < 4.78 is 0. The van der Waals surface area contributed by atoms with Gasteiger partial charge in [0.2, 0.25) is 0 Å². The third-order valence-electron chi connectivity index (χ3n) is 4.06. The van der Waals surface area contributed by atoms with Gasteiger partial charge < -0.3 is 15.3 Å². The topological polar surface area (TPSA) is 63.9 Å². The average molecular weight is 245 g/mol. The SMILES string of the molecule is CC1CCC(CO)(CN(CCO)CCO)CC1. The molecule has 0 amide bonds. The quantitative estimate of drug-likeness (QED) is 0.610. The summed E-state index contributed by atoms with van der Waals surface area (Å²) in [6.45, 7) is 4.65. The Kier molecular flexibility index (Phi) is 6.41. The molecule has 17 heavy (non-hydrogen) atoms. The number of hydrogen-bond donors (Lipinski definition) is 3. The number of aliphatic hydroxyl groups excluding tert-OH is 3. The lowest BCUT2D eigenvalue weighted by Gasteiger charge is -2.41. The van der Waals surface area contributed by atoms with Gasteiger partial charge in [-0.2, -0.15) is 0 Å². The summed E-state index contributed by atoms with van der Waals surface area (Å²) in [5.74, 6) is 0.763. The molecule has 3 N–H and O–H groups in total. The Hall–Kier alpha value is -0.160. The summed E-state index contributed by atoms with van der Waals surface area (Å²) in [6.07, 6.45) is 4.45. The van der Waals surface area contributed by atoms with E-state index in [2.05, 4.69) is 11.8 Å². The predicted molar refractivity (Wildman–Crippen MR) is 67.8 cm³/mol. The number of aliphatic hydroxyl groups is 3. The zero-order chi connectivity index (χ0) is 12.7. The first-order valence-electron chi connectivity index (χ1n) is 6.71. The van der Waals surface area contributed by atoms with Gasteiger partial charge in [-0.15, -0.1) is 0 Å². The van der Waals surface area contributed by atoms with Crippen LogP contribution in [0.5, 0.6) is 0 Å². The first kappa shape index (κ1) is 14.9. The maximum atomic E-state index is 9.66. The smallest absolute Gasteiger partial charge is 0.0558 e. The van der Waals surface area contributed by atoms with Gasteiger partial charge in [0, 0.05) is 31.7 Å². The van der Waals surface area contributed by atoms with Crippen molar-refractivity contribution in [3.8, 4) is 0 Å². The van der Waals surface area contributed by atoms with Gasteiger partial charge in [-0.3, -0.25) is 4.90 Å². The van der Waals surface area contributed by atoms with Gasteiger partial charge >= 0.3 is 0 Å². The number of nitrogens with zero attached hydrogens (tertiary/aromatic N) is 1. The van der Waals surface area contributed by atoms with Crippen molar-refractivity contribution in [1.29, 1.82) is 0 Å². The Morgan fingerprint density at radius 2 is 1.59 bits per heavy atom. The van der Waals surface area contributed by atoms with Crippen LogP contribution in [-0.2, 0) is 0 Å². The van der Waals surface area contributed by atoms with Gasteiger partial charge in [0.15, 0.2) is 0 Å². The molecule has 0 aromatic heterocycles. The highest BCUT2D eigenvalue weighted by Crippen LogP contribution is 2.39. The third kappa shape index (κ3) is 4.54. The molecule has 0 bridgehead atoms. The highest BCUT2D eigenvalue weighted by molar-refractivity contribution is 4.87. The van der Waals surface area contributed by atoms with E-state index in [0.717, 1.165) is 25.3 Å². The maximum Gasteiger partial charge on any atom is 0.0558 e. The standard InChI is InChI=1S/C13H27NO3/c1-12-2-4-13(11-17,5-3-12)10-14(6-8-15)7-9-16/h12,15-17H,2-11H2,1H3. The Morgan fingerprint density at radius 1 is 1.06 bits per heavy atom. The Labute approximate surface area is 104 Å². The fraction of sp³-hybridized carbons (Fsp3) is 1.00. The van der Waals surface area contributed by atoms with Crippen LogP contribution in [0.3, 0.4) is 0 Å². The van der Waals surface area contributed by atoms with Gasteiger partial charge in [0.05, 0.1) is 13.2 Å². The average Bonchev–Trinajstić information content (AvgIpc) is 2.33. The fourth-order valence-electron chi connectivity index (χ4n) is 2.77. The van der Waals surface area contributed by atoms with Crippen LogP contribution in [0.15, 0.2) is 0 Å². The van der Waals surface area contributed by atoms with Crippen LogP contribution in [0.1, 0.15) is 32.6 Å². The van der Waals surface area contributed by atoms with Crippen LogP contribution >= 0.6 is 0 Å². The lowest BCUT2D eigenvalue weighted by Crippen LogP contribution is -2.44. The van der Waals surface area contributed by atoms with Crippen molar-refractivity contribution in [3.63, 3.8) is 0 Å². The minimum atomic E-state index is -0.0170. The fourth-order valence-corrected chi connectivity index (χ4v) is 2.77. The molecule has 0 heterocycles. The minimum Gasteiger partial charge on any atom is -0.396 e. The molecule has 0 aromatic rings. The molecule has 1 aliphatic rings. The molecule has 0 spiro atoms. The van der Waals surface area contributed by atoms with E-state index in [0.29, 0.717) is 13.1 Å². The second-order valence-corrected chi connectivity index (χ2v) is 5.56. The molecule has 1 fully saturated rings. The molecule has 0 atom stereocenters. The summed E-state index contributed by atoms with van der Waals surface area (Å²) in [6, 6.07) is 0. The molecule has 0 aromatic carbocycles. The molecule has 1 saturated carbocycles. The molecule has 1 rings (SSSR count). The van der Waals surface area contributed by atoms with Crippen LogP contribution in [-0.4, -0.2) is 59.7 Å². The summed E-state index contributed by atoms with van der Waals surface area (Å²) in [5.41, 5.74) is -0.0170. The highest BCUT2D eigenvalue weighted by atomic mass is 16.3. The molecule has 0 radical (unpaired) electrons. The van der Waals surface area contributed by atoms with Crippen molar-refractivity contribution in [2.24, 2.45) is 11.3 Å². The molecule has 4 nitrogen and oxygen atoms in total. The lowest BCUT2D eigenvalue weighted by atomic mass is 9.71. The van der Waals surface area contributed by atoms with E-state index in [1.165, 1.54) is 12.8 Å². The molecular formula is C13H27NO3. The normalized spacial score (nSPS) is 29.8. The van der Waals surface area contributed by atoms with Crippen LogP contribution in [0.2, 0.25) is 0 Å². The Balaban J connectivity index is 2.53. The number of rotatable bonds is 7. The molecule has 0 unspecified atom stereocenters. The van der Waals surface area contributed by atoms with Crippen molar-refractivity contribution in [1.82, 2.24) is 4.90 Å². The van der Waals surface area contributed by atoms with E-state index in [1.54, 1.807) is 0 Å². The Morgan fingerprint density at radius 3 is 2.00 bits per heavy atom. The van der Waals surface area contributed by atoms with Crippen molar-refractivity contribution in [2.45, 2.75) is 32.6 Å². The van der Waals surface area contributed by atoms with Crippen LogP contribution in [0.4, 0.5) is 0 Å². The van der Waals surface area contributed by atoms with Crippen molar-refractivity contribution < 1.29 is 15.3 Å². The van der Waals surface area contributed by atoms with Gasteiger partial charge in [-0.25, -0.2) is 0 Å². The summed E-state index contributed by atoms with van der Waals surface area (Å²) in [7, 11) is 0. The van der Waals surface area contributed by atoms with Crippen LogP contribution in [0, 0.1) is 11.3 Å². The third-order valence-corrected chi connectivity index (χ3v) is 4.06. The summed E-state index contributed by atoms with van der Waals surface area (Å²) in [4.78, 5) is 2.06. The molecule has 0 aliphatic heterocycles. The van der Waals surface area contributed by atoms with Gasteiger partial charge in [0.1, 0.15) is 0 Å². The van der Waals surface area contributed by atoms with Crippen molar-refractivity contribution >= 4 is 0 Å². The highest BCUT2D eigenvalue weighted by Gasteiger charge is 2.35. The van der Waals surface area contributed by atoms with E-state index < -0.39 is 0 Å². The van der Waals surface area contributed by atoms with E-state index in [1.807, 2.05) is 0 Å². The second-order valence-electron chi connectivity index (χ2n) is 5.56. The molecule has 102 valence electrons. The Bertz CT molecular complexity index is 197. The van der Waals surface area contributed by atoms with E-state index in [-0.39, 0.29) is 25.2 Å². The molecule has 4 heteroatoms. The molecular weight excluding hydrogens is 218 g/mol. The van der Waals surface area contributed by atoms with Gasteiger partial charge in [-0.1, -0.05) is 19.8 Å². The van der Waals surface area contributed by atoms with E-state index >= 15 is 0 Å². The molecule has 0 saturated heterocycles. The number of hydrogen-bond acceptors (Lipinski definition) is 4. The summed E-state index contributed by atoms with van der Waals surface area (Å²) in [5, 5.41) is 27.7. The second kappa shape index (κ2) is 7.31. The maximum absolute atomic E-state index is 9.66. The van der Waals surface area contributed by atoms with Crippen LogP contribution in [0.25, 0.3) is 0 Å². The van der Waals surface area contributed by atoms with Crippen LogP contribution < -0.4 is 0 Å². The lowest BCUT2D eigenvalue weighted by molar-refractivity contribution is 0.0199. The predicted octanol–water partition coefficient (Wildman–Crippen LogP) is 0.462. The van der Waals surface area contributed by atoms with Crippen molar-refractivity contribution in [2.75, 3.05) is 39.5 Å². The van der Waals surface area contributed by atoms with Crippen molar-refractivity contribution in [3.05, 3.63) is 0 Å². The largest absolute Gasteiger partial charge is 0.396 e.